The Morgan fingerprint density at radius 2 is 0.671 bits per heavy atom. The largest absolute Gasteiger partial charge is 0.485 e. The van der Waals surface area contributed by atoms with E-state index in [9.17, 15) is 0 Å². The molecular weight excluding hydrogens is 980 g/mol. The van der Waals surface area contributed by atoms with E-state index < -0.39 is 0 Å². The van der Waals surface area contributed by atoms with Crippen molar-refractivity contribution in [2.24, 2.45) is 0 Å². The number of unbranched alkanes of at least 4 members (excludes halogenated alkanes) is 3. The van der Waals surface area contributed by atoms with Crippen molar-refractivity contribution < 1.29 is 18.9 Å². The van der Waals surface area contributed by atoms with Crippen molar-refractivity contribution in [3.63, 3.8) is 0 Å². The van der Waals surface area contributed by atoms with Crippen LogP contribution >= 0.6 is 24.8 Å². The van der Waals surface area contributed by atoms with Gasteiger partial charge in [0.25, 0.3) is 0 Å². The third-order valence-corrected chi connectivity index (χ3v) is 15.2. The van der Waals surface area contributed by atoms with E-state index in [4.69, 9.17) is 18.9 Å². The molecule has 0 bridgehead atoms. The number of aryl methyl sites for hydroxylation is 2. The number of nitrogens with one attached hydrogen (secondary N) is 2. The number of hydrogen-bond donors (Lipinski definition) is 2. The third kappa shape index (κ3) is 14.3. The molecule has 0 heterocycles. The van der Waals surface area contributed by atoms with Crippen molar-refractivity contribution in [2.75, 3.05) is 13.1 Å². The fourth-order valence-electron chi connectivity index (χ4n) is 10.7. The van der Waals surface area contributed by atoms with Crippen LogP contribution in [0.3, 0.4) is 0 Å². The van der Waals surface area contributed by atoms with Gasteiger partial charge >= 0.3 is 0 Å². The number of ether oxygens (including phenoxy) is 4. The lowest BCUT2D eigenvalue weighted by Gasteiger charge is -2.35. The van der Waals surface area contributed by atoms with Gasteiger partial charge in [0.15, 0.2) is 23.0 Å². The minimum atomic E-state index is 0. The number of hydrogen-bond acceptors (Lipinski definition) is 6. The molecule has 0 spiro atoms. The molecule has 0 saturated carbocycles. The highest BCUT2D eigenvalue weighted by Gasteiger charge is 2.35. The Labute approximate surface area is 464 Å². The summed E-state index contributed by atoms with van der Waals surface area (Å²) in [5.41, 5.74) is 15.0. The van der Waals surface area contributed by atoms with E-state index in [0.717, 1.165) is 110 Å². The van der Waals surface area contributed by atoms with Crippen molar-refractivity contribution in [3.8, 4) is 23.0 Å². The lowest BCUT2D eigenvalue weighted by Crippen LogP contribution is -2.31. The third-order valence-electron chi connectivity index (χ3n) is 15.2. The van der Waals surface area contributed by atoms with Gasteiger partial charge in [-0.2, -0.15) is 0 Å². The highest BCUT2D eigenvalue weighted by Crippen LogP contribution is 2.50. The van der Waals surface area contributed by atoms with Gasteiger partial charge in [0.2, 0.25) is 0 Å². The molecule has 2 aliphatic carbocycles. The van der Waals surface area contributed by atoms with Gasteiger partial charge in [-0.1, -0.05) is 207 Å². The van der Waals surface area contributed by atoms with Gasteiger partial charge in [-0.15, -0.1) is 24.8 Å². The van der Waals surface area contributed by atoms with Crippen LogP contribution in [-0.2, 0) is 52.1 Å². The van der Waals surface area contributed by atoms with E-state index in [2.05, 4.69) is 219 Å². The smallest absolute Gasteiger partial charge is 0.165 e. The van der Waals surface area contributed by atoms with E-state index in [1.54, 1.807) is 0 Å². The Balaban J connectivity index is 0.00000383. The number of fused-ring (bicyclic) bond motifs is 2. The van der Waals surface area contributed by atoms with Crippen LogP contribution in [0, 0.1) is 0 Å². The zero-order valence-corrected chi connectivity index (χ0v) is 45.8. The van der Waals surface area contributed by atoms with Crippen molar-refractivity contribution in [2.45, 2.75) is 116 Å². The van der Waals surface area contributed by atoms with E-state index in [-0.39, 0.29) is 36.9 Å². The minimum absolute atomic E-state index is 0. The zero-order chi connectivity index (χ0) is 50.3. The summed E-state index contributed by atoms with van der Waals surface area (Å²) in [4.78, 5) is 0. The topological polar surface area (TPSA) is 61.0 Å². The molecule has 2 unspecified atom stereocenters. The molecule has 0 aliphatic heterocycles. The second kappa shape index (κ2) is 28.0. The number of halogens is 2. The molecule has 10 rings (SSSR count). The molecule has 8 aromatic rings. The molecule has 0 fully saturated rings. The maximum atomic E-state index is 6.88. The normalized spacial score (nSPS) is 14.8. The summed E-state index contributed by atoms with van der Waals surface area (Å²) in [5, 5.41) is 7.71. The standard InChI is InChI=1S/C68H72N2O4.2ClH/c1-49(55-33-21-9-22-34-55)69-43-59-41-63-61(59)39-57(65(71-45-51-25-11-5-12-26-51)67(63)73-47-53-29-15-7-16-30-53)37-19-3-4-20-38-58-40-62-60(44-70-50(2)56-35-23-10-24-36-56)42-64(62)68(74-48-54-31-17-8-18-32-54)66(58)72-46-52-27-13-6-14-28-52;;/h5-18,21-36,39-40,49-50,59-60,69-70H,3-4,19-20,37-38,41-48H2,1-2H3;2*1H/t49-,50?,59-,60?;;/m0../s1. The Hall–Kier alpha value is -6.54. The van der Waals surface area contributed by atoms with Crippen LogP contribution in [0.25, 0.3) is 0 Å². The highest BCUT2D eigenvalue weighted by molar-refractivity contribution is 5.85. The van der Waals surface area contributed by atoms with Gasteiger partial charge in [-0.25, -0.2) is 0 Å². The number of benzene rings is 8. The molecular formula is C68H74Cl2N2O4. The van der Waals surface area contributed by atoms with Crippen LogP contribution in [0.15, 0.2) is 194 Å². The Bertz CT molecular complexity index is 2800. The second-order valence-corrected chi connectivity index (χ2v) is 20.4. The van der Waals surface area contributed by atoms with E-state index in [1.165, 1.54) is 44.5 Å². The van der Waals surface area contributed by atoms with Gasteiger partial charge in [0.05, 0.1) is 0 Å². The average molecular weight is 1050 g/mol. The molecule has 394 valence electrons. The van der Waals surface area contributed by atoms with Gasteiger partial charge in [-0.3, -0.25) is 0 Å². The number of rotatable bonds is 27. The molecule has 8 aromatic carbocycles. The average Bonchev–Trinajstić information content (AvgIpc) is 3.48. The van der Waals surface area contributed by atoms with Crippen LogP contribution in [0.5, 0.6) is 23.0 Å². The summed E-state index contributed by atoms with van der Waals surface area (Å²) in [6.07, 6.45) is 8.04. The highest BCUT2D eigenvalue weighted by atomic mass is 35.5. The lowest BCUT2D eigenvalue weighted by atomic mass is 9.75. The van der Waals surface area contributed by atoms with E-state index in [0.29, 0.717) is 38.3 Å². The molecule has 0 amide bonds. The molecule has 2 N–H and O–H groups in total. The molecule has 8 heteroatoms. The first-order valence-electron chi connectivity index (χ1n) is 27.1. The van der Waals surface area contributed by atoms with Crippen molar-refractivity contribution >= 4 is 24.8 Å². The van der Waals surface area contributed by atoms with Crippen LogP contribution in [-0.4, -0.2) is 13.1 Å². The maximum Gasteiger partial charge on any atom is 0.165 e. The zero-order valence-electron chi connectivity index (χ0n) is 44.1. The van der Waals surface area contributed by atoms with Crippen LogP contribution < -0.4 is 29.6 Å². The maximum absolute atomic E-state index is 6.88. The van der Waals surface area contributed by atoms with Crippen molar-refractivity contribution in [3.05, 3.63) is 261 Å². The van der Waals surface area contributed by atoms with Crippen molar-refractivity contribution in [1.29, 1.82) is 0 Å². The first-order valence-corrected chi connectivity index (χ1v) is 27.1. The summed E-state index contributed by atoms with van der Waals surface area (Å²) in [7, 11) is 0. The predicted molar refractivity (Wildman–Crippen MR) is 315 cm³/mol. The van der Waals surface area contributed by atoms with Gasteiger partial charge < -0.3 is 29.6 Å². The lowest BCUT2D eigenvalue weighted by molar-refractivity contribution is 0.247. The Morgan fingerprint density at radius 3 is 0.987 bits per heavy atom. The van der Waals surface area contributed by atoms with Crippen LogP contribution in [0.2, 0.25) is 0 Å². The summed E-state index contributed by atoms with van der Waals surface area (Å²) in [5.74, 6) is 4.45. The molecule has 4 atom stereocenters. The van der Waals surface area contributed by atoms with Crippen molar-refractivity contribution in [1.82, 2.24) is 10.6 Å². The fraction of sp³-hybridized carbons (Fsp3) is 0.294. The summed E-state index contributed by atoms with van der Waals surface area (Å²) in [6.45, 7) is 8.31. The first kappa shape index (κ1) is 55.7. The monoisotopic (exact) mass is 1050 g/mol. The predicted octanol–water partition coefficient (Wildman–Crippen LogP) is 16.2. The molecule has 0 aromatic heterocycles. The second-order valence-electron chi connectivity index (χ2n) is 20.4. The summed E-state index contributed by atoms with van der Waals surface area (Å²) >= 11 is 0. The summed E-state index contributed by atoms with van der Waals surface area (Å²) < 4.78 is 27.5. The quantitative estimate of drug-likeness (QED) is 0.0501. The molecule has 0 saturated heterocycles. The van der Waals surface area contributed by atoms with Crippen LogP contribution in [0.1, 0.15) is 130 Å². The molecule has 2 aliphatic rings. The Kier molecular flexibility index (Phi) is 20.5. The van der Waals surface area contributed by atoms with Gasteiger partial charge in [0.1, 0.15) is 26.4 Å². The molecule has 0 radical (unpaired) electrons. The molecule has 6 nitrogen and oxygen atoms in total. The SMILES string of the molecule is CC(NCC1Cc2c1cc(CCCCCCc1cc3c(c(OCc4ccccc4)c1OCc1ccccc1)C[C@H]3CN[C@@H](C)c1ccccc1)c(OCc1ccccc1)c2OCc1ccccc1)c1ccccc1.Cl.Cl. The fourth-order valence-corrected chi connectivity index (χ4v) is 10.7. The van der Waals surface area contributed by atoms with Crippen LogP contribution in [0.4, 0.5) is 0 Å². The minimum Gasteiger partial charge on any atom is -0.485 e. The Morgan fingerprint density at radius 1 is 0.382 bits per heavy atom. The first-order chi connectivity index (χ1) is 36.5. The van der Waals surface area contributed by atoms with E-state index in [1.807, 2.05) is 0 Å². The van der Waals surface area contributed by atoms with Gasteiger partial charge in [0, 0.05) is 48.1 Å². The van der Waals surface area contributed by atoms with E-state index >= 15 is 0 Å². The molecule has 76 heavy (non-hydrogen) atoms. The summed E-state index contributed by atoms with van der Waals surface area (Å²) in [6, 6.07) is 68.9. The van der Waals surface area contributed by atoms with Gasteiger partial charge in [-0.05, 0) is 108 Å².